The van der Waals surface area contributed by atoms with Crippen LogP contribution in [-0.2, 0) is 13.0 Å². The quantitative estimate of drug-likeness (QED) is 0.257. The fraction of sp³-hybridized carbons (Fsp3) is 0.438. The van der Waals surface area contributed by atoms with E-state index in [0.29, 0.717) is 65.5 Å². The van der Waals surface area contributed by atoms with Crippen LogP contribution in [0, 0.1) is 17.0 Å². The van der Waals surface area contributed by atoms with E-state index >= 15 is 8.78 Å². The average Bonchev–Trinajstić information content (AvgIpc) is 3.36. The lowest BCUT2D eigenvalue weighted by atomic mass is 9.69. The number of nitrogens with one attached hydrogen (secondary N) is 3. The summed E-state index contributed by atoms with van der Waals surface area (Å²) < 4.78 is 74.8. The van der Waals surface area contributed by atoms with E-state index in [4.69, 9.17) is 0 Å². The summed E-state index contributed by atoms with van der Waals surface area (Å²) in [7, 11) is 1.70. The second-order valence-electron chi connectivity index (χ2n) is 13.0. The Hall–Kier alpha value is -4.37. The Labute approximate surface area is 266 Å². The molecule has 0 radical (unpaired) electrons. The number of carbonyl (C=O) groups is 1. The molecule has 10 nitrogen and oxygen atoms in total. The number of nitrogens with zero attached hydrogens (tertiary/aromatic N) is 6. The second kappa shape index (κ2) is 10.8. The standard InChI is InChI=1S/C32H32F5N9O/c1-38-24-10-27(43-46-26(12-41-29(24)46)30(47)42-23-9-21(23)34)45-5-2-19-20(7-18(33)8-25(19)45)28-22(35)6-17(11-40-28)13-44-15-31(16-44)3-4-39-14-32(31,36)37/h6-8,10-12,21,23,38-39H,2-5,9,13-16H2,1H3,(H,42,47)/t21-,23+/m0/s1. The van der Waals surface area contributed by atoms with Gasteiger partial charge in [0.1, 0.15) is 23.5 Å². The van der Waals surface area contributed by atoms with Gasteiger partial charge in [-0.05, 0) is 48.7 Å². The van der Waals surface area contributed by atoms with Crippen molar-refractivity contribution in [1.29, 1.82) is 0 Å². The molecule has 0 bridgehead atoms. The molecule has 1 spiro atoms. The summed E-state index contributed by atoms with van der Waals surface area (Å²) in [5.41, 5.74) is 2.05. The lowest BCUT2D eigenvalue weighted by Gasteiger charge is -2.56. The van der Waals surface area contributed by atoms with Gasteiger partial charge in [0.2, 0.25) is 0 Å². The fourth-order valence-electron chi connectivity index (χ4n) is 7.18. The number of hydrogen-bond donors (Lipinski definition) is 3. The van der Waals surface area contributed by atoms with Gasteiger partial charge in [0, 0.05) is 63.2 Å². The van der Waals surface area contributed by atoms with Gasteiger partial charge in [-0.25, -0.2) is 31.5 Å². The van der Waals surface area contributed by atoms with Crippen molar-refractivity contribution in [2.75, 3.05) is 50.0 Å². The van der Waals surface area contributed by atoms with E-state index in [0.717, 1.165) is 0 Å². The molecule has 3 aliphatic heterocycles. The normalized spacial score (nSPS) is 22.7. The SMILES string of the molecule is CNc1cc(N2CCc3c(-c4ncc(CN5CC6(CCNCC6(F)F)C5)cc4F)cc(F)cc32)nn2c(C(=O)N[C@@H]3C[C@@H]3F)cnc12. The van der Waals surface area contributed by atoms with E-state index in [2.05, 4.69) is 31.0 Å². The number of halogens is 5. The predicted molar refractivity (Wildman–Crippen MR) is 164 cm³/mol. The smallest absolute Gasteiger partial charge is 0.271 e. The zero-order chi connectivity index (χ0) is 32.7. The first-order chi connectivity index (χ1) is 22.6. The molecule has 15 heteroatoms. The van der Waals surface area contributed by atoms with Gasteiger partial charge >= 0.3 is 0 Å². The van der Waals surface area contributed by atoms with Crippen LogP contribution in [0.15, 0.2) is 36.7 Å². The third-order valence-corrected chi connectivity index (χ3v) is 9.84. The number of fused-ring (bicyclic) bond motifs is 2. The van der Waals surface area contributed by atoms with Crippen LogP contribution in [0.25, 0.3) is 16.9 Å². The molecular weight excluding hydrogens is 621 g/mol. The number of likely N-dealkylation sites (tertiary alicyclic amines) is 1. The molecule has 2 atom stereocenters. The second-order valence-corrected chi connectivity index (χ2v) is 13.0. The fourth-order valence-corrected chi connectivity index (χ4v) is 7.18. The Kier molecular flexibility index (Phi) is 6.92. The van der Waals surface area contributed by atoms with Crippen LogP contribution in [0.5, 0.6) is 0 Å². The minimum atomic E-state index is -2.79. The average molecular weight is 654 g/mol. The van der Waals surface area contributed by atoms with E-state index in [1.54, 1.807) is 18.0 Å². The van der Waals surface area contributed by atoms with E-state index in [1.165, 1.54) is 35.1 Å². The van der Waals surface area contributed by atoms with Crippen molar-refractivity contribution in [3.63, 3.8) is 0 Å². The zero-order valence-electron chi connectivity index (χ0n) is 25.5. The van der Waals surface area contributed by atoms with Gasteiger partial charge in [0.25, 0.3) is 11.8 Å². The van der Waals surface area contributed by atoms with E-state index in [1.807, 2.05) is 4.90 Å². The van der Waals surface area contributed by atoms with Crippen LogP contribution in [0.3, 0.4) is 0 Å². The number of imidazole rings is 1. The van der Waals surface area contributed by atoms with Crippen LogP contribution < -0.4 is 20.9 Å². The predicted octanol–water partition coefficient (Wildman–Crippen LogP) is 4.08. The molecule has 4 aliphatic rings. The van der Waals surface area contributed by atoms with Gasteiger partial charge in [0.05, 0.1) is 29.9 Å². The first-order valence-corrected chi connectivity index (χ1v) is 15.6. The first-order valence-electron chi connectivity index (χ1n) is 15.6. The Morgan fingerprint density at radius 3 is 2.66 bits per heavy atom. The summed E-state index contributed by atoms with van der Waals surface area (Å²) in [6.07, 6.45) is 2.91. The topological polar surface area (TPSA) is 103 Å². The summed E-state index contributed by atoms with van der Waals surface area (Å²) >= 11 is 0. The monoisotopic (exact) mass is 653 g/mol. The summed E-state index contributed by atoms with van der Waals surface area (Å²) in [5, 5.41) is 13.1. The highest BCUT2D eigenvalue weighted by molar-refractivity contribution is 5.94. The third-order valence-electron chi connectivity index (χ3n) is 9.84. The molecule has 1 aromatic carbocycles. The van der Waals surface area contributed by atoms with Gasteiger partial charge in [-0.1, -0.05) is 0 Å². The van der Waals surface area contributed by atoms with Crippen molar-refractivity contribution < 1.29 is 26.7 Å². The van der Waals surface area contributed by atoms with Gasteiger partial charge in [-0.2, -0.15) is 0 Å². The summed E-state index contributed by atoms with van der Waals surface area (Å²) in [5.74, 6) is -4.12. The number of pyridine rings is 1. The van der Waals surface area contributed by atoms with Crippen molar-refractivity contribution >= 4 is 28.7 Å². The van der Waals surface area contributed by atoms with E-state index < -0.39 is 41.1 Å². The van der Waals surface area contributed by atoms with Crippen molar-refractivity contribution in [3.05, 3.63) is 65.1 Å². The molecule has 3 N–H and O–H groups in total. The van der Waals surface area contributed by atoms with Gasteiger partial charge in [-0.15, -0.1) is 5.10 Å². The number of piperidine rings is 1. The van der Waals surface area contributed by atoms with Crippen molar-refractivity contribution in [2.24, 2.45) is 5.41 Å². The minimum Gasteiger partial charge on any atom is -0.385 e. The van der Waals surface area contributed by atoms with Crippen LogP contribution >= 0.6 is 0 Å². The maximum absolute atomic E-state index is 15.6. The first kappa shape index (κ1) is 30.0. The van der Waals surface area contributed by atoms with Crippen LogP contribution in [0.1, 0.15) is 34.5 Å². The molecule has 246 valence electrons. The molecule has 47 heavy (non-hydrogen) atoms. The van der Waals surface area contributed by atoms with Crippen LogP contribution in [-0.4, -0.2) is 88.3 Å². The Bertz CT molecular complexity index is 1910. The van der Waals surface area contributed by atoms with Gasteiger partial charge in [-0.3, -0.25) is 14.7 Å². The highest BCUT2D eigenvalue weighted by Crippen LogP contribution is 2.49. The number of hydrogen-bond acceptors (Lipinski definition) is 8. The Balaban J connectivity index is 1.07. The number of carbonyl (C=O) groups excluding carboxylic acids is 1. The minimum absolute atomic E-state index is 0.00421. The van der Waals surface area contributed by atoms with Gasteiger partial charge < -0.3 is 20.9 Å². The molecule has 0 unspecified atom stereocenters. The van der Waals surface area contributed by atoms with Crippen LogP contribution in [0.4, 0.5) is 39.1 Å². The third kappa shape index (κ3) is 4.98. The number of rotatable bonds is 7. The van der Waals surface area contributed by atoms with Crippen molar-refractivity contribution in [2.45, 2.75) is 43.9 Å². The molecular formula is C32H32F5N9O. The molecule has 1 aliphatic carbocycles. The maximum atomic E-state index is 15.6. The van der Waals surface area contributed by atoms with E-state index in [9.17, 15) is 18.0 Å². The molecule has 1 saturated carbocycles. The molecule has 6 heterocycles. The Morgan fingerprint density at radius 2 is 1.94 bits per heavy atom. The largest absolute Gasteiger partial charge is 0.385 e. The molecule has 8 rings (SSSR count). The number of aromatic nitrogens is 4. The molecule has 3 aromatic heterocycles. The maximum Gasteiger partial charge on any atom is 0.271 e. The number of benzene rings is 1. The zero-order valence-corrected chi connectivity index (χ0v) is 25.5. The molecule has 1 amide bonds. The number of amides is 1. The van der Waals surface area contributed by atoms with Crippen LogP contribution in [0.2, 0.25) is 0 Å². The van der Waals surface area contributed by atoms with Crippen molar-refractivity contribution in [1.82, 2.24) is 35.1 Å². The lowest BCUT2D eigenvalue weighted by molar-refractivity contribution is -0.205. The van der Waals surface area contributed by atoms with Crippen molar-refractivity contribution in [3.8, 4) is 11.3 Å². The Morgan fingerprint density at radius 1 is 1.13 bits per heavy atom. The molecule has 2 saturated heterocycles. The summed E-state index contributed by atoms with van der Waals surface area (Å²) in [6, 6.07) is 5.15. The summed E-state index contributed by atoms with van der Waals surface area (Å²) in [6.45, 7) is 1.37. The highest BCUT2D eigenvalue weighted by atomic mass is 19.3. The summed E-state index contributed by atoms with van der Waals surface area (Å²) in [4.78, 5) is 25.2. The highest BCUT2D eigenvalue weighted by Gasteiger charge is 2.60. The number of anilines is 3. The lowest BCUT2D eigenvalue weighted by Crippen LogP contribution is -2.69. The number of alkyl halides is 3. The van der Waals surface area contributed by atoms with Gasteiger partial charge in [0.15, 0.2) is 17.2 Å². The molecule has 4 aromatic rings. The van der Waals surface area contributed by atoms with E-state index in [-0.39, 0.29) is 44.0 Å². The molecule has 3 fully saturated rings.